The topological polar surface area (TPSA) is 60.5 Å². The van der Waals surface area contributed by atoms with Crippen molar-refractivity contribution >= 4 is 21.8 Å². The molecule has 1 amide bonds. The van der Waals surface area contributed by atoms with Crippen LogP contribution < -0.4 is 15.1 Å². The first-order valence-electron chi connectivity index (χ1n) is 7.25. The number of hydroxylamine groups is 1. The van der Waals surface area contributed by atoms with Gasteiger partial charge < -0.3 is 9.57 Å². The van der Waals surface area contributed by atoms with E-state index in [0.717, 1.165) is 15.7 Å². The fourth-order valence-electron chi connectivity index (χ4n) is 2.85. The van der Waals surface area contributed by atoms with Crippen LogP contribution in [0.2, 0.25) is 0 Å². The summed E-state index contributed by atoms with van der Waals surface area (Å²) in [6.45, 7) is 5.43. The summed E-state index contributed by atoms with van der Waals surface area (Å²) >= 11 is 3.41. The summed E-state index contributed by atoms with van der Waals surface area (Å²) in [6.07, 6.45) is 1.78. The van der Waals surface area contributed by atoms with Crippen molar-refractivity contribution in [2.75, 3.05) is 0 Å². The van der Waals surface area contributed by atoms with Crippen LogP contribution in [-0.4, -0.2) is 16.5 Å². The number of benzene rings is 1. The zero-order chi connectivity index (χ0) is 16.6. The molecule has 0 saturated heterocycles. The first-order chi connectivity index (χ1) is 10.9. The Morgan fingerprint density at radius 2 is 2.13 bits per heavy atom. The van der Waals surface area contributed by atoms with E-state index >= 15 is 0 Å². The molecular formula is C17H17BrN2O3. The molecule has 0 fully saturated rings. The van der Waals surface area contributed by atoms with Gasteiger partial charge in [0.05, 0.1) is 11.6 Å². The van der Waals surface area contributed by atoms with Crippen LogP contribution in [0.3, 0.4) is 0 Å². The Morgan fingerprint density at radius 1 is 1.35 bits per heavy atom. The SMILES string of the molecule is CC(=O)NOc1cccc2c1OC(C)(C)C2c1ccc(Br)cn1. The molecule has 0 spiro atoms. The number of hydrogen-bond donors (Lipinski definition) is 1. The van der Waals surface area contributed by atoms with Crippen LogP contribution in [0.15, 0.2) is 41.0 Å². The highest BCUT2D eigenvalue weighted by Crippen LogP contribution is 2.51. The van der Waals surface area contributed by atoms with Crippen LogP contribution in [0.4, 0.5) is 0 Å². The third-order valence-corrected chi connectivity index (χ3v) is 4.20. The molecule has 1 aliphatic rings. The maximum absolute atomic E-state index is 11.1. The van der Waals surface area contributed by atoms with E-state index in [0.29, 0.717) is 11.5 Å². The largest absolute Gasteiger partial charge is 0.482 e. The molecule has 1 unspecified atom stereocenters. The van der Waals surface area contributed by atoms with Crippen molar-refractivity contribution in [3.63, 3.8) is 0 Å². The lowest BCUT2D eigenvalue weighted by Crippen LogP contribution is -2.31. The maximum Gasteiger partial charge on any atom is 0.249 e. The molecule has 0 aliphatic carbocycles. The molecule has 2 heterocycles. The van der Waals surface area contributed by atoms with Crippen LogP contribution in [0.1, 0.15) is 37.9 Å². The quantitative estimate of drug-likeness (QED) is 0.831. The van der Waals surface area contributed by atoms with Gasteiger partial charge in [-0.25, -0.2) is 0 Å². The number of hydrogen-bond acceptors (Lipinski definition) is 4. The second-order valence-corrected chi connectivity index (χ2v) is 6.89. The number of pyridine rings is 1. The fourth-order valence-corrected chi connectivity index (χ4v) is 3.08. The first kappa shape index (κ1) is 15.8. The van der Waals surface area contributed by atoms with Gasteiger partial charge in [-0.05, 0) is 48.0 Å². The highest BCUT2D eigenvalue weighted by atomic mass is 79.9. The second kappa shape index (κ2) is 5.85. The van der Waals surface area contributed by atoms with E-state index in [2.05, 4.69) is 26.4 Å². The molecular weight excluding hydrogens is 360 g/mol. The highest BCUT2D eigenvalue weighted by Gasteiger charge is 2.44. The molecule has 6 heteroatoms. The van der Waals surface area contributed by atoms with Crippen LogP contribution in [0.5, 0.6) is 11.5 Å². The average Bonchev–Trinajstić information content (AvgIpc) is 2.76. The molecule has 3 rings (SSSR count). The molecule has 120 valence electrons. The van der Waals surface area contributed by atoms with Gasteiger partial charge in [0.25, 0.3) is 0 Å². The Balaban J connectivity index is 2.02. The number of rotatable bonds is 3. The monoisotopic (exact) mass is 376 g/mol. The van der Waals surface area contributed by atoms with Crippen LogP contribution in [0, 0.1) is 0 Å². The Hall–Kier alpha value is -2.08. The van der Waals surface area contributed by atoms with E-state index in [1.807, 2.05) is 38.1 Å². The molecule has 0 bridgehead atoms. The molecule has 2 aromatic rings. The number of nitrogens with one attached hydrogen (secondary N) is 1. The van der Waals surface area contributed by atoms with Gasteiger partial charge in [-0.2, -0.15) is 5.48 Å². The molecule has 0 saturated carbocycles. The third-order valence-electron chi connectivity index (χ3n) is 3.73. The number of halogens is 1. The normalized spacial score (nSPS) is 18.0. The summed E-state index contributed by atoms with van der Waals surface area (Å²) in [5, 5.41) is 0. The Bertz CT molecular complexity index is 744. The lowest BCUT2D eigenvalue weighted by molar-refractivity contribution is -0.125. The van der Waals surface area contributed by atoms with Gasteiger partial charge in [0.2, 0.25) is 5.91 Å². The molecule has 0 radical (unpaired) electrons. The molecule has 23 heavy (non-hydrogen) atoms. The number of nitrogens with zero attached hydrogens (tertiary/aromatic N) is 1. The van der Waals surface area contributed by atoms with E-state index in [1.54, 1.807) is 12.3 Å². The number of carbonyl (C=O) groups excluding carboxylic acids is 1. The predicted octanol–water partition coefficient (Wildman–Crippen LogP) is 3.58. The molecule has 1 atom stereocenters. The van der Waals surface area contributed by atoms with E-state index < -0.39 is 5.60 Å². The number of amides is 1. The Morgan fingerprint density at radius 3 is 2.78 bits per heavy atom. The summed E-state index contributed by atoms with van der Waals surface area (Å²) in [7, 11) is 0. The minimum atomic E-state index is -0.473. The summed E-state index contributed by atoms with van der Waals surface area (Å²) in [5.74, 6) is 0.837. The van der Waals surface area contributed by atoms with Crippen molar-refractivity contribution in [2.24, 2.45) is 0 Å². The highest BCUT2D eigenvalue weighted by molar-refractivity contribution is 9.10. The van der Waals surface area contributed by atoms with E-state index in [1.165, 1.54) is 6.92 Å². The van der Waals surface area contributed by atoms with Gasteiger partial charge in [0.1, 0.15) is 5.60 Å². The standard InChI is InChI=1S/C17H17BrN2O3/c1-10(21)20-23-14-6-4-5-12-15(17(2,3)22-16(12)14)13-8-7-11(18)9-19-13/h4-9,15H,1-3H3,(H,20,21). The van der Waals surface area contributed by atoms with Gasteiger partial charge in [-0.3, -0.25) is 9.78 Å². The van der Waals surface area contributed by atoms with Crippen LogP contribution in [0.25, 0.3) is 0 Å². The average molecular weight is 377 g/mol. The first-order valence-corrected chi connectivity index (χ1v) is 8.04. The Labute approximate surface area is 143 Å². The van der Waals surface area contributed by atoms with Gasteiger partial charge in [0.15, 0.2) is 11.5 Å². The van der Waals surface area contributed by atoms with E-state index in [-0.39, 0.29) is 11.8 Å². The van der Waals surface area contributed by atoms with Crippen LogP contribution >= 0.6 is 15.9 Å². The minimum absolute atomic E-state index is 0.0218. The summed E-state index contributed by atoms with van der Waals surface area (Å²) in [6, 6.07) is 9.60. The van der Waals surface area contributed by atoms with Gasteiger partial charge in [0, 0.05) is 23.2 Å². The third kappa shape index (κ3) is 3.03. The lowest BCUT2D eigenvalue weighted by atomic mass is 9.84. The van der Waals surface area contributed by atoms with Gasteiger partial charge in [-0.15, -0.1) is 0 Å². The van der Waals surface area contributed by atoms with E-state index in [4.69, 9.17) is 9.57 Å². The molecule has 1 aromatic carbocycles. The van der Waals surface area contributed by atoms with Crippen molar-refractivity contribution in [3.05, 3.63) is 52.3 Å². The zero-order valence-electron chi connectivity index (χ0n) is 13.1. The number of ether oxygens (including phenoxy) is 1. The fraction of sp³-hybridized carbons (Fsp3) is 0.294. The minimum Gasteiger partial charge on any atom is -0.482 e. The number of carbonyl (C=O) groups is 1. The number of aromatic nitrogens is 1. The maximum atomic E-state index is 11.1. The number of fused-ring (bicyclic) bond motifs is 1. The van der Waals surface area contributed by atoms with Crippen molar-refractivity contribution in [1.29, 1.82) is 0 Å². The zero-order valence-corrected chi connectivity index (χ0v) is 14.7. The summed E-state index contributed by atoms with van der Waals surface area (Å²) in [4.78, 5) is 20.9. The van der Waals surface area contributed by atoms with E-state index in [9.17, 15) is 4.79 Å². The molecule has 5 nitrogen and oxygen atoms in total. The smallest absolute Gasteiger partial charge is 0.249 e. The van der Waals surface area contributed by atoms with Crippen LogP contribution in [-0.2, 0) is 4.79 Å². The van der Waals surface area contributed by atoms with Crippen molar-refractivity contribution < 1.29 is 14.4 Å². The number of para-hydroxylation sites is 1. The van der Waals surface area contributed by atoms with Gasteiger partial charge in [-0.1, -0.05) is 12.1 Å². The van der Waals surface area contributed by atoms with Crippen molar-refractivity contribution in [2.45, 2.75) is 32.3 Å². The summed E-state index contributed by atoms with van der Waals surface area (Å²) < 4.78 is 7.06. The molecule has 1 aliphatic heterocycles. The van der Waals surface area contributed by atoms with Gasteiger partial charge >= 0.3 is 0 Å². The lowest BCUT2D eigenvalue weighted by Gasteiger charge is -2.26. The van der Waals surface area contributed by atoms with Crippen molar-refractivity contribution in [3.8, 4) is 11.5 Å². The second-order valence-electron chi connectivity index (χ2n) is 5.97. The molecule has 1 aromatic heterocycles. The summed E-state index contributed by atoms with van der Waals surface area (Å²) in [5.41, 5.74) is 3.78. The van der Waals surface area contributed by atoms with Crippen molar-refractivity contribution in [1.82, 2.24) is 10.5 Å². The molecule has 1 N–H and O–H groups in total. The predicted molar refractivity (Wildman–Crippen MR) is 89.4 cm³/mol. The Kier molecular flexibility index (Phi) is 4.02.